The van der Waals surface area contributed by atoms with Crippen molar-refractivity contribution in [2.45, 2.75) is 19.4 Å². The number of hydrogen-bond donors (Lipinski definition) is 2. The zero-order valence-corrected chi connectivity index (χ0v) is 11.0. The van der Waals surface area contributed by atoms with Gasteiger partial charge in [-0.2, -0.15) is 0 Å². The lowest BCUT2D eigenvalue weighted by molar-refractivity contribution is -0.143. The van der Waals surface area contributed by atoms with Gasteiger partial charge in [0.25, 0.3) is 0 Å². The Balaban J connectivity index is 2.06. The van der Waals surface area contributed by atoms with E-state index in [9.17, 15) is 9.90 Å². The number of aliphatic carboxylic acids is 1. The monoisotopic (exact) mass is 265 g/mol. The van der Waals surface area contributed by atoms with Gasteiger partial charge in [0, 0.05) is 18.7 Å². The normalized spacial score (nSPS) is 20.2. The minimum absolute atomic E-state index is 0.221. The first-order chi connectivity index (χ1) is 9.10. The van der Waals surface area contributed by atoms with Gasteiger partial charge in [0.2, 0.25) is 0 Å². The van der Waals surface area contributed by atoms with Crippen LogP contribution in [0.5, 0.6) is 11.5 Å². The number of ether oxygens (including phenoxy) is 1. The fourth-order valence-corrected chi connectivity index (χ4v) is 2.46. The van der Waals surface area contributed by atoms with Crippen LogP contribution in [0, 0.1) is 5.92 Å². The van der Waals surface area contributed by atoms with Gasteiger partial charge < -0.3 is 14.9 Å². The van der Waals surface area contributed by atoms with Crippen LogP contribution in [0.15, 0.2) is 18.2 Å². The first-order valence-electron chi connectivity index (χ1n) is 6.41. The highest BCUT2D eigenvalue weighted by atomic mass is 16.5. The summed E-state index contributed by atoms with van der Waals surface area (Å²) in [5, 5.41) is 18.9. The van der Waals surface area contributed by atoms with E-state index in [0.29, 0.717) is 18.8 Å². The Hall–Kier alpha value is -1.75. The van der Waals surface area contributed by atoms with E-state index < -0.39 is 5.97 Å². The third-order valence-corrected chi connectivity index (χ3v) is 3.54. The molecule has 1 aromatic carbocycles. The summed E-state index contributed by atoms with van der Waals surface area (Å²) in [5.74, 6) is -0.126. The van der Waals surface area contributed by atoms with Gasteiger partial charge in [0.1, 0.15) is 11.5 Å². The molecule has 1 unspecified atom stereocenters. The highest BCUT2D eigenvalue weighted by molar-refractivity contribution is 5.70. The quantitative estimate of drug-likeness (QED) is 0.867. The van der Waals surface area contributed by atoms with Crippen molar-refractivity contribution in [1.29, 1.82) is 0 Å². The predicted octanol–water partition coefficient (Wildman–Crippen LogP) is 1.70. The van der Waals surface area contributed by atoms with Crippen molar-refractivity contribution >= 4 is 5.97 Å². The average Bonchev–Trinajstić information content (AvgIpc) is 2.41. The van der Waals surface area contributed by atoms with Gasteiger partial charge in [-0.3, -0.25) is 9.69 Å². The number of likely N-dealkylation sites (tertiary alicyclic amines) is 1. The van der Waals surface area contributed by atoms with Crippen molar-refractivity contribution in [3.05, 3.63) is 23.8 Å². The minimum atomic E-state index is -0.737. The summed E-state index contributed by atoms with van der Waals surface area (Å²) in [7, 11) is 1.58. The Morgan fingerprint density at radius 2 is 2.32 bits per heavy atom. The van der Waals surface area contributed by atoms with E-state index in [2.05, 4.69) is 4.90 Å². The minimum Gasteiger partial charge on any atom is -0.508 e. The highest BCUT2D eigenvalue weighted by Crippen LogP contribution is 2.26. The Bertz CT molecular complexity index is 461. The maximum atomic E-state index is 11.0. The molecule has 5 nitrogen and oxygen atoms in total. The Labute approximate surface area is 112 Å². The molecular weight excluding hydrogens is 246 g/mol. The summed E-state index contributed by atoms with van der Waals surface area (Å²) in [6.07, 6.45) is 1.61. The topological polar surface area (TPSA) is 70.0 Å². The molecule has 104 valence electrons. The number of rotatable bonds is 4. The zero-order chi connectivity index (χ0) is 13.8. The van der Waals surface area contributed by atoms with Crippen LogP contribution in [-0.4, -0.2) is 41.3 Å². The molecule has 0 amide bonds. The first kappa shape index (κ1) is 13.7. The summed E-state index contributed by atoms with van der Waals surface area (Å²) >= 11 is 0. The van der Waals surface area contributed by atoms with Crippen LogP contribution in [-0.2, 0) is 11.3 Å². The summed E-state index contributed by atoms with van der Waals surface area (Å²) < 4.78 is 5.13. The molecule has 1 heterocycles. The number of benzene rings is 1. The number of hydrogen-bond acceptors (Lipinski definition) is 4. The van der Waals surface area contributed by atoms with E-state index >= 15 is 0 Å². The van der Waals surface area contributed by atoms with Gasteiger partial charge in [-0.15, -0.1) is 0 Å². The molecule has 1 aromatic rings. The highest BCUT2D eigenvalue weighted by Gasteiger charge is 2.25. The second-order valence-electron chi connectivity index (χ2n) is 4.91. The second-order valence-corrected chi connectivity index (χ2v) is 4.91. The Kier molecular flexibility index (Phi) is 4.27. The molecule has 2 rings (SSSR count). The fraction of sp³-hybridized carbons (Fsp3) is 0.500. The van der Waals surface area contributed by atoms with Crippen molar-refractivity contribution < 1.29 is 19.7 Å². The molecule has 0 spiro atoms. The van der Waals surface area contributed by atoms with E-state index in [1.165, 1.54) is 0 Å². The summed E-state index contributed by atoms with van der Waals surface area (Å²) in [5.41, 5.74) is 0.769. The smallest absolute Gasteiger partial charge is 0.307 e. The number of nitrogens with zero attached hydrogens (tertiary/aromatic N) is 1. The number of phenolic OH excluding ortho intramolecular Hbond substituents is 1. The molecule has 1 saturated heterocycles. The van der Waals surface area contributed by atoms with Crippen LogP contribution in [0.4, 0.5) is 0 Å². The molecule has 19 heavy (non-hydrogen) atoms. The van der Waals surface area contributed by atoms with Gasteiger partial charge >= 0.3 is 5.97 Å². The molecule has 0 bridgehead atoms. The molecule has 0 aromatic heterocycles. The van der Waals surface area contributed by atoms with Crippen molar-refractivity contribution in [3.8, 4) is 11.5 Å². The number of aromatic hydroxyl groups is 1. The van der Waals surface area contributed by atoms with Gasteiger partial charge in [-0.1, -0.05) is 0 Å². The lowest BCUT2D eigenvalue weighted by Crippen LogP contribution is -2.38. The molecule has 2 N–H and O–H groups in total. The largest absolute Gasteiger partial charge is 0.508 e. The molecule has 0 saturated carbocycles. The maximum Gasteiger partial charge on any atom is 0.307 e. The SMILES string of the molecule is COc1ccc(O)c(CN2CCCC(C(=O)O)C2)c1. The van der Waals surface area contributed by atoms with E-state index in [1.807, 2.05) is 0 Å². The fourth-order valence-electron chi connectivity index (χ4n) is 2.46. The Morgan fingerprint density at radius 3 is 3.00 bits per heavy atom. The third-order valence-electron chi connectivity index (χ3n) is 3.54. The lowest BCUT2D eigenvalue weighted by atomic mass is 9.98. The summed E-state index contributed by atoms with van der Waals surface area (Å²) in [6, 6.07) is 5.10. The van der Waals surface area contributed by atoms with Crippen LogP contribution in [0.1, 0.15) is 18.4 Å². The maximum absolute atomic E-state index is 11.0. The van der Waals surface area contributed by atoms with Gasteiger partial charge in [-0.25, -0.2) is 0 Å². The van der Waals surface area contributed by atoms with E-state index in [1.54, 1.807) is 25.3 Å². The number of carbonyl (C=O) groups is 1. The molecule has 5 heteroatoms. The van der Waals surface area contributed by atoms with Crippen LogP contribution >= 0.6 is 0 Å². The second kappa shape index (κ2) is 5.93. The molecule has 1 aliphatic rings. The standard InChI is InChI=1S/C14H19NO4/c1-19-12-4-5-13(16)11(7-12)9-15-6-2-3-10(8-15)14(17)18/h4-5,7,10,16H,2-3,6,8-9H2,1H3,(H,17,18). The van der Waals surface area contributed by atoms with Crippen molar-refractivity contribution in [1.82, 2.24) is 4.90 Å². The summed E-state index contributed by atoms with van der Waals surface area (Å²) in [4.78, 5) is 13.1. The zero-order valence-electron chi connectivity index (χ0n) is 11.0. The van der Waals surface area contributed by atoms with E-state index in [-0.39, 0.29) is 11.7 Å². The third kappa shape index (κ3) is 3.38. The predicted molar refractivity (Wildman–Crippen MR) is 70.3 cm³/mol. The molecule has 1 aliphatic heterocycles. The van der Waals surface area contributed by atoms with Crippen molar-refractivity contribution in [2.75, 3.05) is 20.2 Å². The van der Waals surface area contributed by atoms with Crippen molar-refractivity contribution in [2.24, 2.45) is 5.92 Å². The average molecular weight is 265 g/mol. The molecular formula is C14H19NO4. The van der Waals surface area contributed by atoms with Gasteiger partial charge in [0.05, 0.1) is 13.0 Å². The van der Waals surface area contributed by atoms with Crippen LogP contribution in [0.2, 0.25) is 0 Å². The van der Waals surface area contributed by atoms with Gasteiger partial charge in [0.15, 0.2) is 0 Å². The molecule has 0 aliphatic carbocycles. The first-order valence-corrected chi connectivity index (χ1v) is 6.41. The molecule has 1 atom stereocenters. The Morgan fingerprint density at radius 1 is 1.53 bits per heavy atom. The van der Waals surface area contributed by atoms with Crippen LogP contribution < -0.4 is 4.74 Å². The number of carboxylic acid groups (broad SMARTS) is 1. The lowest BCUT2D eigenvalue weighted by Gasteiger charge is -2.30. The van der Waals surface area contributed by atoms with E-state index in [4.69, 9.17) is 9.84 Å². The van der Waals surface area contributed by atoms with Crippen LogP contribution in [0.25, 0.3) is 0 Å². The van der Waals surface area contributed by atoms with Crippen LogP contribution in [0.3, 0.4) is 0 Å². The number of methoxy groups -OCH3 is 1. The summed E-state index contributed by atoms with van der Waals surface area (Å²) in [6.45, 7) is 1.94. The number of carboxylic acids is 1. The van der Waals surface area contributed by atoms with E-state index in [0.717, 1.165) is 24.9 Å². The molecule has 0 radical (unpaired) electrons. The van der Waals surface area contributed by atoms with Gasteiger partial charge in [-0.05, 0) is 37.6 Å². The molecule has 1 fully saturated rings. The number of piperidine rings is 1. The van der Waals surface area contributed by atoms with Crippen molar-refractivity contribution in [3.63, 3.8) is 0 Å². The number of phenols is 1.